The highest BCUT2D eigenvalue weighted by Gasteiger charge is 2.34. The molecule has 1 fully saturated rings. The number of carboxylic acids is 1. The van der Waals surface area contributed by atoms with Gasteiger partial charge < -0.3 is 19.9 Å². The lowest BCUT2D eigenvalue weighted by atomic mass is 10.2. The van der Waals surface area contributed by atoms with Gasteiger partial charge in [-0.1, -0.05) is 6.07 Å². The molecule has 0 unspecified atom stereocenters. The van der Waals surface area contributed by atoms with Crippen molar-refractivity contribution in [2.45, 2.75) is 32.0 Å². The van der Waals surface area contributed by atoms with Crippen molar-refractivity contribution in [1.82, 2.24) is 0 Å². The van der Waals surface area contributed by atoms with Gasteiger partial charge in [0.15, 0.2) is 6.10 Å². The molecule has 0 aromatic heterocycles. The van der Waals surface area contributed by atoms with Gasteiger partial charge in [-0.15, -0.1) is 0 Å². The van der Waals surface area contributed by atoms with E-state index in [0.29, 0.717) is 30.9 Å². The number of aliphatic carboxylic acids is 1. The molecule has 2 N–H and O–H groups in total. The van der Waals surface area contributed by atoms with E-state index in [0.717, 1.165) is 0 Å². The van der Waals surface area contributed by atoms with Crippen LogP contribution in [0.25, 0.3) is 0 Å². The molecule has 2 atom stereocenters. The smallest absolute Gasteiger partial charge is 0.332 e. The van der Waals surface area contributed by atoms with Crippen molar-refractivity contribution in [3.05, 3.63) is 24.3 Å². The van der Waals surface area contributed by atoms with E-state index in [-0.39, 0.29) is 5.91 Å². The van der Waals surface area contributed by atoms with E-state index >= 15 is 0 Å². The van der Waals surface area contributed by atoms with Gasteiger partial charge in [0.1, 0.15) is 11.9 Å². The molecule has 6 heteroatoms. The van der Waals surface area contributed by atoms with Crippen LogP contribution in [0.4, 0.5) is 5.69 Å². The van der Waals surface area contributed by atoms with Gasteiger partial charge in [0.05, 0.1) is 6.61 Å². The summed E-state index contributed by atoms with van der Waals surface area (Å²) in [5, 5.41) is 11.5. The number of benzene rings is 1. The number of anilines is 1. The van der Waals surface area contributed by atoms with E-state index in [1.807, 2.05) is 6.92 Å². The summed E-state index contributed by atoms with van der Waals surface area (Å²) >= 11 is 0. The number of hydrogen-bond acceptors (Lipinski definition) is 4. The number of rotatable bonds is 5. The predicted octanol–water partition coefficient (Wildman–Crippen LogP) is 1.66. The predicted molar refractivity (Wildman–Crippen MR) is 71.8 cm³/mol. The summed E-state index contributed by atoms with van der Waals surface area (Å²) in [4.78, 5) is 22.8. The van der Waals surface area contributed by atoms with Gasteiger partial charge in [-0.3, -0.25) is 4.79 Å². The first-order valence-corrected chi connectivity index (χ1v) is 6.52. The number of carbonyl (C=O) groups excluding carboxylic acids is 1. The maximum atomic E-state index is 12.0. The second kappa shape index (κ2) is 6.38. The van der Waals surface area contributed by atoms with E-state index in [9.17, 15) is 9.59 Å². The Labute approximate surface area is 116 Å². The second-order valence-corrected chi connectivity index (χ2v) is 4.48. The standard InChI is InChI=1S/C14H17NO5/c1-2-19-10-5-3-4-9(8-10)15-13(16)11-6-7-12(20-11)14(17)18/h3-5,8,11-12H,2,6-7H2,1H3,(H,15,16)(H,17,18)/t11-,12+/m0/s1. The highest BCUT2D eigenvalue weighted by atomic mass is 16.5. The van der Waals surface area contributed by atoms with Crippen molar-refractivity contribution in [3.63, 3.8) is 0 Å². The van der Waals surface area contributed by atoms with Crippen LogP contribution in [0.1, 0.15) is 19.8 Å². The molecule has 0 bridgehead atoms. The average molecular weight is 279 g/mol. The number of amides is 1. The summed E-state index contributed by atoms with van der Waals surface area (Å²) in [5.74, 6) is -0.693. The fraction of sp³-hybridized carbons (Fsp3) is 0.429. The molecule has 1 aromatic rings. The van der Waals surface area contributed by atoms with Gasteiger partial charge in [-0.05, 0) is 31.9 Å². The fourth-order valence-electron chi connectivity index (χ4n) is 2.06. The second-order valence-electron chi connectivity index (χ2n) is 4.48. The van der Waals surface area contributed by atoms with Gasteiger partial charge in [0, 0.05) is 11.8 Å². The van der Waals surface area contributed by atoms with Crippen LogP contribution in [0, 0.1) is 0 Å². The molecule has 1 aliphatic rings. The van der Waals surface area contributed by atoms with Crippen LogP contribution in [0.15, 0.2) is 24.3 Å². The number of carboxylic acid groups (broad SMARTS) is 1. The van der Waals surface area contributed by atoms with Crippen LogP contribution >= 0.6 is 0 Å². The Kier molecular flexibility index (Phi) is 4.57. The maximum Gasteiger partial charge on any atom is 0.332 e. The lowest BCUT2D eigenvalue weighted by molar-refractivity contribution is -0.150. The highest BCUT2D eigenvalue weighted by molar-refractivity contribution is 5.94. The molecule has 1 aliphatic heterocycles. The molecule has 20 heavy (non-hydrogen) atoms. The molecule has 6 nitrogen and oxygen atoms in total. The molecule has 1 amide bonds. The van der Waals surface area contributed by atoms with Crippen molar-refractivity contribution in [2.75, 3.05) is 11.9 Å². The number of hydrogen-bond donors (Lipinski definition) is 2. The lowest BCUT2D eigenvalue weighted by Gasteiger charge is -2.12. The van der Waals surface area contributed by atoms with Gasteiger partial charge in [-0.25, -0.2) is 4.79 Å². The Morgan fingerprint density at radius 3 is 2.80 bits per heavy atom. The minimum atomic E-state index is -1.03. The zero-order valence-corrected chi connectivity index (χ0v) is 11.2. The van der Waals surface area contributed by atoms with Gasteiger partial charge in [0.2, 0.25) is 0 Å². The van der Waals surface area contributed by atoms with Crippen molar-refractivity contribution in [3.8, 4) is 5.75 Å². The largest absolute Gasteiger partial charge is 0.494 e. The Morgan fingerprint density at radius 1 is 1.40 bits per heavy atom. The SMILES string of the molecule is CCOc1cccc(NC(=O)[C@@H]2CC[C@H](C(=O)O)O2)c1. The quantitative estimate of drug-likeness (QED) is 0.856. The zero-order chi connectivity index (χ0) is 14.5. The summed E-state index contributed by atoms with van der Waals surface area (Å²) < 4.78 is 10.5. The molecule has 2 rings (SSSR count). The van der Waals surface area contributed by atoms with Crippen molar-refractivity contribution in [1.29, 1.82) is 0 Å². The summed E-state index contributed by atoms with van der Waals surface area (Å²) in [5.41, 5.74) is 0.600. The first kappa shape index (κ1) is 14.3. The molecular formula is C14H17NO5. The van der Waals surface area contributed by atoms with Crippen LogP contribution in [0.5, 0.6) is 5.75 Å². The topological polar surface area (TPSA) is 84.9 Å². The van der Waals surface area contributed by atoms with Crippen molar-refractivity contribution < 1.29 is 24.2 Å². The molecule has 0 aliphatic carbocycles. The van der Waals surface area contributed by atoms with E-state index in [1.54, 1.807) is 24.3 Å². The monoisotopic (exact) mass is 279 g/mol. The molecule has 1 saturated heterocycles. The molecule has 1 heterocycles. The normalized spacial score (nSPS) is 21.4. The van der Waals surface area contributed by atoms with Crippen LogP contribution in [0.2, 0.25) is 0 Å². The third-order valence-corrected chi connectivity index (χ3v) is 3.00. The van der Waals surface area contributed by atoms with Gasteiger partial charge in [0.25, 0.3) is 5.91 Å². The molecule has 0 spiro atoms. The van der Waals surface area contributed by atoms with Gasteiger partial charge in [-0.2, -0.15) is 0 Å². The van der Waals surface area contributed by atoms with Crippen molar-refractivity contribution >= 4 is 17.6 Å². The average Bonchev–Trinajstić information content (AvgIpc) is 2.89. The Morgan fingerprint density at radius 2 is 2.15 bits per heavy atom. The molecule has 0 saturated carbocycles. The maximum absolute atomic E-state index is 12.0. The molecule has 0 radical (unpaired) electrons. The number of carbonyl (C=O) groups is 2. The number of nitrogens with one attached hydrogen (secondary N) is 1. The Balaban J connectivity index is 1.95. The molecule has 1 aromatic carbocycles. The third kappa shape index (κ3) is 3.48. The Hall–Kier alpha value is -2.08. The summed E-state index contributed by atoms with van der Waals surface area (Å²) in [7, 11) is 0. The van der Waals surface area contributed by atoms with Crippen LogP contribution in [-0.2, 0) is 14.3 Å². The minimum absolute atomic E-state index is 0.331. The van der Waals surface area contributed by atoms with E-state index in [4.69, 9.17) is 14.6 Å². The van der Waals surface area contributed by atoms with Gasteiger partial charge >= 0.3 is 5.97 Å². The minimum Gasteiger partial charge on any atom is -0.494 e. The summed E-state index contributed by atoms with van der Waals surface area (Å²) in [6.45, 7) is 2.42. The van der Waals surface area contributed by atoms with Crippen LogP contribution in [0.3, 0.4) is 0 Å². The lowest BCUT2D eigenvalue weighted by Crippen LogP contribution is -2.29. The fourth-order valence-corrected chi connectivity index (χ4v) is 2.06. The first-order chi connectivity index (χ1) is 9.60. The highest BCUT2D eigenvalue weighted by Crippen LogP contribution is 2.22. The zero-order valence-electron chi connectivity index (χ0n) is 11.2. The van der Waals surface area contributed by atoms with E-state index < -0.39 is 18.2 Å². The summed E-state index contributed by atoms with van der Waals surface area (Å²) in [6, 6.07) is 7.02. The molecular weight excluding hydrogens is 262 g/mol. The van der Waals surface area contributed by atoms with Crippen LogP contribution in [-0.4, -0.2) is 35.8 Å². The van der Waals surface area contributed by atoms with Crippen LogP contribution < -0.4 is 10.1 Å². The first-order valence-electron chi connectivity index (χ1n) is 6.52. The van der Waals surface area contributed by atoms with E-state index in [2.05, 4.69) is 5.32 Å². The summed E-state index contributed by atoms with van der Waals surface area (Å²) in [6.07, 6.45) is -0.840. The molecule has 108 valence electrons. The Bertz CT molecular complexity index is 502. The number of ether oxygens (including phenoxy) is 2. The third-order valence-electron chi connectivity index (χ3n) is 3.00. The van der Waals surface area contributed by atoms with E-state index in [1.165, 1.54) is 0 Å². The van der Waals surface area contributed by atoms with Crippen molar-refractivity contribution in [2.24, 2.45) is 0 Å².